The molecule has 0 bridgehead atoms. The van der Waals surface area contributed by atoms with E-state index >= 15 is 0 Å². The Morgan fingerprint density at radius 1 is 0.833 bits per heavy atom. The standard InChI is InChI=1S/C16H28N2/c1-15-7-5-11-17(13-15)9-3-4-10-18-12-6-8-16(2)14-18/h15-16H,5-14H2,1-2H3/t15-,16-/m0/s1. The Balaban J connectivity index is 1.65. The van der Waals surface area contributed by atoms with Crippen LogP contribution in [0.1, 0.15) is 39.5 Å². The topological polar surface area (TPSA) is 6.48 Å². The summed E-state index contributed by atoms with van der Waals surface area (Å²) in [5.41, 5.74) is 0. The van der Waals surface area contributed by atoms with E-state index in [1.807, 2.05) is 0 Å². The Morgan fingerprint density at radius 3 is 1.67 bits per heavy atom. The molecule has 0 aliphatic carbocycles. The molecule has 102 valence electrons. The van der Waals surface area contributed by atoms with E-state index < -0.39 is 0 Å². The molecule has 0 unspecified atom stereocenters. The molecule has 2 heteroatoms. The summed E-state index contributed by atoms with van der Waals surface area (Å²) >= 11 is 0. The zero-order valence-corrected chi connectivity index (χ0v) is 12.1. The zero-order valence-electron chi connectivity index (χ0n) is 12.1. The fourth-order valence-electron chi connectivity index (χ4n) is 3.20. The molecule has 0 aromatic carbocycles. The van der Waals surface area contributed by atoms with E-state index in [0.717, 1.165) is 24.9 Å². The van der Waals surface area contributed by atoms with Gasteiger partial charge < -0.3 is 0 Å². The van der Waals surface area contributed by atoms with Crippen molar-refractivity contribution in [1.29, 1.82) is 0 Å². The lowest BCUT2D eigenvalue weighted by atomic mass is 10.0. The Morgan fingerprint density at radius 2 is 1.28 bits per heavy atom. The number of piperidine rings is 2. The van der Waals surface area contributed by atoms with Crippen LogP contribution in [0.25, 0.3) is 0 Å². The maximum absolute atomic E-state index is 3.37. The van der Waals surface area contributed by atoms with Gasteiger partial charge in [-0.2, -0.15) is 0 Å². The lowest BCUT2D eigenvalue weighted by molar-refractivity contribution is 0.201. The lowest BCUT2D eigenvalue weighted by Gasteiger charge is -2.29. The summed E-state index contributed by atoms with van der Waals surface area (Å²) in [5, 5.41) is 0. The van der Waals surface area contributed by atoms with Gasteiger partial charge >= 0.3 is 0 Å². The van der Waals surface area contributed by atoms with Crippen molar-refractivity contribution in [3.05, 3.63) is 0 Å². The minimum Gasteiger partial charge on any atom is -0.292 e. The second kappa shape index (κ2) is 7.16. The van der Waals surface area contributed by atoms with E-state index in [0.29, 0.717) is 0 Å². The fourth-order valence-corrected chi connectivity index (χ4v) is 3.20. The molecule has 0 amide bonds. The monoisotopic (exact) mass is 248 g/mol. The molecule has 0 spiro atoms. The maximum atomic E-state index is 3.37. The van der Waals surface area contributed by atoms with Crippen molar-refractivity contribution in [3.8, 4) is 11.8 Å². The summed E-state index contributed by atoms with van der Waals surface area (Å²) in [6.07, 6.45) is 5.50. The molecule has 2 fully saturated rings. The van der Waals surface area contributed by atoms with Crippen LogP contribution >= 0.6 is 0 Å². The molecule has 2 aliphatic heterocycles. The van der Waals surface area contributed by atoms with E-state index in [9.17, 15) is 0 Å². The molecule has 0 aromatic heterocycles. The third kappa shape index (κ3) is 4.63. The SMILES string of the molecule is C[C@H]1CCCN(CC#CCN2CCC[C@H](C)C2)C1. The van der Waals surface area contributed by atoms with Crippen LogP contribution in [0.2, 0.25) is 0 Å². The number of rotatable bonds is 2. The summed E-state index contributed by atoms with van der Waals surface area (Å²) in [5.74, 6) is 8.47. The predicted molar refractivity (Wildman–Crippen MR) is 77.5 cm³/mol. The van der Waals surface area contributed by atoms with Crippen LogP contribution in [0, 0.1) is 23.7 Å². The smallest absolute Gasteiger partial charge is 0.0602 e. The first-order valence-corrected chi connectivity index (χ1v) is 7.64. The first kappa shape index (κ1) is 13.9. The Kier molecular flexibility index (Phi) is 5.53. The van der Waals surface area contributed by atoms with Crippen molar-refractivity contribution in [3.63, 3.8) is 0 Å². The summed E-state index contributed by atoms with van der Waals surface area (Å²) in [4.78, 5) is 5.03. The van der Waals surface area contributed by atoms with Crippen molar-refractivity contribution < 1.29 is 0 Å². The molecule has 0 aromatic rings. The van der Waals surface area contributed by atoms with Gasteiger partial charge in [0.25, 0.3) is 0 Å². The normalized spacial score (nSPS) is 30.8. The van der Waals surface area contributed by atoms with Crippen LogP contribution in [0.4, 0.5) is 0 Å². The summed E-state index contributed by atoms with van der Waals surface area (Å²) < 4.78 is 0. The Labute approximate surface area is 113 Å². The van der Waals surface area contributed by atoms with Crippen LogP contribution in [0.15, 0.2) is 0 Å². The Hall–Kier alpha value is -0.520. The van der Waals surface area contributed by atoms with Gasteiger partial charge in [-0.3, -0.25) is 9.80 Å². The minimum absolute atomic E-state index is 0.864. The second-order valence-electron chi connectivity index (χ2n) is 6.32. The molecule has 2 rings (SSSR count). The average Bonchev–Trinajstić information content (AvgIpc) is 2.35. The summed E-state index contributed by atoms with van der Waals surface area (Å²) in [6, 6.07) is 0. The average molecular weight is 248 g/mol. The maximum Gasteiger partial charge on any atom is 0.0602 e. The fraction of sp³-hybridized carbons (Fsp3) is 0.875. The molecular formula is C16H28N2. The van der Waals surface area contributed by atoms with Gasteiger partial charge in [-0.15, -0.1) is 0 Å². The molecule has 2 saturated heterocycles. The van der Waals surface area contributed by atoms with Gasteiger partial charge in [0.05, 0.1) is 13.1 Å². The predicted octanol–water partition coefficient (Wildman–Crippen LogP) is 2.45. The molecule has 18 heavy (non-hydrogen) atoms. The van der Waals surface area contributed by atoms with Crippen molar-refractivity contribution in [2.45, 2.75) is 39.5 Å². The second-order valence-corrected chi connectivity index (χ2v) is 6.32. The number of nitrogens with zero attached hydrogens (tertiary/aromatic N) is 2. The highest BCUT2D eigenvalue weighted by molar-refractivity contribution is 5.04. The third-order valence-corrected chi connectivity index (χ3v) is 4.21. The highest BCUT2D eigenvalue weighted by atomic mass is 15.1. The number of hydrogen-bond donors (Lipinski definition) is 0. The molecule has 2 heterocycles. The number of likely N-dealkylation sites (tertiary alicyclic amines) is 2. The van der Waals surface area contributed by atoms with Gasteiger partial charge in [-0.05, 0) is 50.6 Å². The van der Waals surface area contributed by atoms with Crippen molar-refractivity contribution >= 4 is 0 Å². The molecule has 0 N–H and O–H groups in total. The molecule has 2 atom stereocenters. The van der Waals surface area contributed by atoms with E-state index in [2.05, 4.69) is 35.5 Å². The third-order valence-electron chi connectivity index (χ3n) is 4.21. The van der Waals surface area contributed by atoms with Crippen molar-refractivity contribution in [1.82, 2.24) is 9.80 Å². The van der Waals surface area contributed by atoms with Crippen LogP contribution < -0.4 is 0 Å². The summed E-state index contributed by atoms with van der Waals surface area (Å²) in [7, 11) is 0. The van der Waals surface area contributed by atoms with Crippen LogP contribution in [-0.4, -0.2) is 49.1 Å². The highest BCUT2D eigenvalue weighted by Crippen LogP contribution is 2.15. The minimum atomic E-state index is 0.864. The van der Waals surface area contributed by atoms with Crippen LogP contribution in [0.3, 0.4) is 0 Å². The lowest BCUT2D eigenvalue weighted by Crippen LogP contribution is -2.35. The highest BCUT2D eigenvalue weighted by Gasteiger charge is 2.15. The molecule has 0 saturated carbocycles. The van der Waals surface area contributed by atoms with Gasteiger partial charge in [-0.25, -0.2) is 0 Å². The van der Waals surface area contributed by atoms with Gasteiger partial charge in [0.15, 0.2) is 0 Å². The van der Waals surface area contributed by atoms with Gasteiger partial charge in [-0.1, -0.05) is 25.7 Å². The van der Waals surface area contributed by atoms with E-state index in [1.54, 1.807) is 0 Å². The van der Waals surface area contributed by atoms with Crippen molar-refractivity contribution in [2.75, 3.05) is 39.3 Å². The quantitative estimate of drug-likeness (QED) is 0.693. The molecule has 2 aliphatic rings. The molecule has 2 nitrogen and oxygen atoms in total. The van der Waals surface area contributed by atoms with E-state index in [4.69, 9.17) is 0 Å². The first-order chi connectivity index (χ1) is 8.74. The van der Waals surface area contributed by atoms with Gasteiger partial charge in [0.1, 0.15) is 0 Å². The van der Waals surface area contributed by atoms with Crippen LogP contribution in [0.5, 0.6) is 0 Å². The molecular weight excluding hydrogens is 220 g/mol. The van der Waals surface area contributed by atoms with Crippen molar-refractivity contribution in [2.24, 2.45) is 11.8 Å². The summed E-state index contributed by atoms with van der Waals surface area (Å²) in [6.45, 7) is 11.7. The van der Waals surface area contributed by atoms with Gasteiger partial charge in [0, 0.05) is 13.1 Å². The number of hydrogen-bond acceptors (Lipinski definition) is 2. The van der Waals surface area contributed by atoms with E-state index in [1.165, 1.54) is 51.9 Å². The molecule has 0 radical (unpaired) electrons. The van der Waals surface area contributed by atoms with Gasteiger partial charge in [0.2, 0.25) is 0 Å². The Bertz CT molecular complexity index is 274. The van der Waals surface area contributed by atoms with Crippen LogP contribution in [-0.2, 0) is 0 Å². The van der Waals surface area contributed by atoms with E-state index in [-0.39, 0.29) is 0 Å². The first-order valence-electron chi connectivity index (χ1n) is 7.64. The largest absolute Gasteiger partial charge is 0.292 e. The zero-order chi connectivity index (χ0) is 12.8.